The number of carbonyl (C=O) groups excluding carboxylic acids is 1. The molecule has 3 aromatic rings. The van der Waals surface area contributed by atoms with Crippen molar-refractivity contribution in [2.24, 2.45) is 4.99 Å². The van der Waals surface area contributed by atoms with E-state index in [0.717, 1.165) is 12.1 Å². The lowest BCUT2D eigenvalue weighted by molar-refractivity contribution is 0.208. The monoisotopic (exact) mass is 379 g/mol. The van der Waals surface area contributed by atoms with Gasteiger partial charge in [-0.25, -0.2) is 9.48 Å². The summed E-state index contributed by atoms with van der Waals surface area (Å²) in [5, 5.41) is 4.69. The Hall–Kier alpha value is -3.61. The zero-order valence-electron chi connectivity index (χ0n) is 15.7. The maximum atomic E-state index is 12.2. The fourth-order valence-corrected chi connectivity index (χ4v) is 2.46. The molecule has 0 aliphatic carbocycles. The van der Waals surface area contributed by atoms with Crippen molar-refractivity contribution < 1.29 is 19.0 Å². The van der Waals surface area contributed by atoms with E-state index in [9.17, 15) is 4.79 Å². The Balaban J connectivity index is 1.89. The van der Waals surface area contributed by atoms with Crippen LogP contribution < -0.4 is 19.6 Å². The second-order valence-corrected chi connectivity index (χ2v) is 5.78. The van der Waals surface area contributed by atoms with Crippen LogP contribution in [0.25, 0.3) is 5.69 Å². The van der Waals surface area contributed by atoms with Crippen LogP contribution in [0.15, 0.2) is 71.9 Å². The van der Waals surface area contributed by atoms with Crippen LogP contribution in [0.4, 0.5) is 4.79 Å². The van der Waals surface area contributed by atoms with Crippen molar-refractivity contribution in [1.29, 1.82) is 0 Å². The molecule has 2 aromatic carbocycles. The molecular weight excluding hydrogens is 358 g/mol. The predicted molar refractivity (Wildman–Crippen MR) is 104 cm³/mol. The second kappa shape index (κ2) is 9.36. The first-order valence-electron chi connectivity index (χ1n) is 8.88. The van der Waals surface area contributed by atoms with E-state index in [4.69, 9.17) is 14.2 Å². The first-order chi connectivity index (χ1) is 13.7. The lowest BCUT2D eigenvalue weighted by Crippen LogP contribution is -2.16. The minimum atomic E-state index is -0.773. The molecule has 0 saturated heterocycles. The molecule has 0 aliphatic rings. The minimum Gasteiger partial charge on any atom is -0.493 e. The van der Waals surface area contributed by atoms with Crippen molar-refractivity contribution in [3.63, 3.8) is 0 Å². The van der Waals surface area contributed by atoms with Gasteiger partial charge in [0.2, 0.25) is 5.88 Å². The third kappa shape index (κ3) is 4.76. The molecule has 0 unspecified atom stereocenters. The Bertz CT molecular complexity index is 1000. The van der Waals surface area contributed by atoms with Gasteiger partial charge in [0.25, 0.3) is 0 Å². The molecule has 1 amide bonds. The van der Waals surface area contributed by atoms with Gasteiger partial charge < -0.3 is 14.2 Å². The Morgan fingerprint density at radius 2 is 1.79 bits per heavy atom. The van der Waals surface area contributed by atoms with E-state index >= 15 is 0 Å². The fraction of sp³-hybridized carbons (Fsp3) is 0.190. The summed E-state index contributed by atoms with van der Waals surface area (Å²) in [6, 6.07) is 18.1. The van der Waals surface area contributed by atoms with Gasteiger partial charge in [0, 0.05) is 6.07 Å². The number of rotatable bonds is 6. The quantitative estimate of drug-likeness (QED) is 0.652. The number of para-hydroxylation sites is 3. The third-order valence-electron chi connectivity index (χ3n) is 3.73. The summed E-state index contributed by atoms with van der Waals surface area (Å²) in [7, 11) is 1.50. The van der Waals surface area contributed by atoms with E-state index in [-0.39, 0.29) is 0 Å². The molecular formula is C21H21N3O4. The SMILES string of the molecule is CCCOc1cc(=NC(=O)Oc2ccccc2OC)cnn1-c1ccccc1. The van der Waals surface area contributed by atoms with Gasteiger partial charge >= 0.3 is 6.09 Å². The topological polar surface area (TPSA) is 74.9 Å². The Morgan fingerprint density at radius 1 is 1.07 bits per heavy atom. The lowest BCUT2D eigenvalue weighted by Gasteiger charge is -2.12. The van der Waals surface area contributed by atoms with Crippen LogP contribution in [-0.2, 0) is 0 Å². The van der Waals surface area contributed by atoms with Gasteiger partial charge in [-0.1, -0.05) is 37.3 Å². The van der Waals surface area contributed by atoms with E-state index < -0.39 is 6.09 Å². The van der Waals surface area contributed by atoms with E-state index in [2.05, 4.69) is 10.1 Å². The fourth-order valence-electron chi connectivity index (χ4n) is 2.46. The highest BCUT2D eigenvalue weighted by Crippen LogP contribution is 2.26. The van der Waals surface area contributed by atoms with Gasteiger partial charge in [0.1, 0.15) is 0 Å². The summed E-state index contributed by atoms with van der Waals surface area (Å²) in [6.45, 7) is 2.53. The molecule has 3 rings (SSSR count). The molecule has 144 valence electrons. The van der Waals surface area contributed by atoms with Crippen LogP contribution in [0, 0.1) is 0 Å². The van der Waals surface area contributed by atoms with Crippen molar-refractivity contribution in [3.8, 4) is 23.1 Å². The number of hydrogen-bond donors (Lipinski definition) is 0. The highest BCUT2D eigenvalue weighted by Gasteiger charge is 2.09. The Kier molecular flexibility index (Phi) is 6.41. The van der Waals surface area contributed by atoms with Crippen LogP contribution in [0.2, 0.25) is 0 Å². The summed E-state index contributed by atoms with van der Waals surface area (Å²) in [5.74, 6) is 1.23. The molecule has 1 heterocycles. The normalized spacial score (nSPS) is 11.1. The van der Waals surface area contributed by atoms with Gasteiger partial charge in [0.15, 0.2) is 11.5 Å². The number of nitrogens with zero attached hydrogens (tertiary/aromatic N) is 3. The summed E-state index contributed by atoms with van der Waals surface area (Å²) < 4.78 is 17.9. The van der Waals surface area contributed by atoms with Gasteiger partial charge in [0.05, 0.1) is 31.0 Å². The minimum absolute atomic E-state index is 0.296. The zero-order chi connectivity index (χ0) is 19.8. The standard InChI is InChI=1S/C21H21N3O4/c1-3-13-27-20-14-16(15-22-24(20)17-9-5-4-6-10-17)23-21(25)28-19-12-8-7-11-18(19)26-2/h4-12,14-15H,3,13H2,1-2H3. The number of hydrogen-bond acceptors (Lipinski definition) is 5. The zero-order valence-corrected chi connectivity index (χ0v) is 15.7. The molecule has 7 heteroatoms. The average Bonchev–Trinajstić information content (AvgIpc) is 2.73. The first-order valence-corrected chi connectivity index (χ1v) is 8.88. The average molecular weight is 379 g/mol. The van der Waals surface area contributed by atoms with Crippen molar-refractivity contribution >= 4 is 6.09 Å². The number of aromatic nitrogens is 2. The molecule has 0 aliphatic heterocycles. The Morgan fingerprint density at radius 3 is 2.50 bits per heavy atom. The number of benzene rings is 2. The van der Waals surface area contributed by atoms with Crippen LogP contribution in [0.5, 0.6) is 17.4 Å². The number of amides is 1. The highest BCUT2D eigenvalue weighted by atomic mass is 16.6. The molecule has 0 spiro atoms. The van der Waals surface area contributed by atoms with Gasteiger partial charge in [-0.15, -0.1) is 0 Å². The van der Waals surface area contributed by atoms with Crippen molar-refractivity contribution in [3.05, 3.63) is 72.2 Å². The van der Waals surface area contributed by atoms with Crippen molar-refractivity contribution in [1.82, 2.24) is 9.78 Å². The molecule has 0 N–H and O–H groups in total. The lowest BCUT2D eigenvalue weighted by atomic mass is 10.3. The molecule has 28 heavy (non-hydrogen) atoms. The Labute approximate surface area is 162 Å². The first kappa shape index (κ1) is 19.2. The molecule has 0 bridgehead atoms. The molecule has 0 radical (unpaired) electrons. The highest BCUT2D eigenvalue weighted by molar-refractivity contribution is 5.72. The summed E-state index contributed by atoms with van der Waals surface area (Å²) in [6.07, 6.45) is 1.55. The van der Waals surface area contributed by atoms with Crippen LogP contribution in [0.3, 0.4) is 0 Å². The predicted octanol–water partition coefficient (Wildman–Crippen LogP) is 3.77. The van der Waals surface area contributed by atoms with Crippen LogP contribution in [0.1, 0.15) is 13.3 Å². The van der Waals surface area contributed by atoms with Crippen LogP contribution in [-0.4, -0.2) is 29.6 Å². The van der Waals surface area contributed by atoms with E-state index in [1.54, 1.807) is 35.0 Å². The number of methoxy groups -OCH3 is 1. The molecule has 0 fully saturated rings. The van der Waals surface area contributed by atoms with E-state index in [1.165, 1.54) is 13.3 Å². The number of ether oxygens (including phenoxy) is 3. The number of carbonyl (C=O) groups is 1. The second-order valence-electron chi connectivity index (χ2n) is 5.78. The molecule has 0 saturated carbocycles. The van der Waals surface area contributed by atoms with E-state index in [0.29, 0.717) is 29.3 Å². The molecule has 7 nitrogen and oxygen atoms in total. The summed E-state index contributed by atoms with van der Waals surface area (Å²) >= 11 is 0. The molecule has 0 atom stereocenters. The van der Waals surface area contributed by atoms with Crippen molar-refractivity contribution in [2.75, 3.05) is 13.7 Å². The largest absolute Gasteiger partial charge is 0.493 e. The summed E-state index contributed by atoms with van der Waals surface area (Å²) in [5.41, 5.74) is 0.844. The molecule has 1 aromatic heterocycles. The van der Waals surface area contributed by atoms with Gasteiger partial charge in [-0.3, -0.25) is 0 Å². The maximum absolute atomic E-state index is 12.2. The summed E-state index contributed by atoms with van der Waals surface area (Å²) in [4.78, 5) is 16.2. The van der Waals surface area contributed by atoms with Gasteiger partial charge in [-0.2, -0.15) is 10.1 Å². The van der Waals surface area contributed by atoms with Crippen LogP contribution >= 0.6 is 0 Å². The van der Waals surface area contributed by atoms with Crippen molar-refractivity contribution in [2.45, 2.75) is 13.3 Å². The van der Waals surface area contributed by atoms with E-state index in [1.807, 2.05) is 37.3 Å². The maximum Gasteiger partial charge on any atom is 0.439 e. The third-order valence-corrected chi connectivity index (χ3v) is 3.73. The van der Waals surface area contributed by atoms with Gasteiger partial charge in [-0.05, 0) is 30.7 Å². The smallest absolute Gasteiger partial charge is 0.439 e.